The van der Waals surface area contributed by atoms with Crippen LogP contribution in [-0.4, -0.2) is 46.3 Å². The van der Waals surface area contributed by atoms with E-state index in [0.29, 0.717) is 18.4 Å². The van der Waals surface area contributed by atoms with Crippen molar-refractivity contribution < 1.29 is 19.5 Å². The Balaban J connectivity index is 2.02. The second-order valence-corrected chi connectivity index (χ2v) is 5.69. The monoisotopic (exact) mass is 268 g/mol. The summed E-state index contributed by atoms with van der Waals surface area (Å²) in [6.45, 7) is 6.99. The van der Waals surface area contributed by atoms with Gasteiger partial charge in [-0.3, -0.25) is 4.79 Å². The predicted octanol–water partition coefficient (Wildman–Crippen LogP) is 1.11. The molecule has 0 saturated carbocycles. The Morgan fingerprint density at radius 1 is 1.37 bits per heavy atom. The molecule has 4 atom stereocenters. The quantitative estimate of drug-likeness (QED) is 0.813. The van der Waals surface area contributed by atoms with Crippen LogP contribution in [0.3, 0.4) is 0 Å². The van der Waals surface area contributed by atoms with Crippen molar-refractivity contribution in [1.82, 2.24) is 4.90 Å². The Labute approximate surface area is 112 Å². The average molecular weight is 268 g/mol. The topological polar surface area (TPSA) is 79.2 Å². The molecule has 2 aliphatic heterocycles. The molecule has 4 unspecified atom stereocenters. The SMILES string of the molecule is CC1CC(C)C(C)N(C(=O)C2CC(C(=O)O)=NO2)C1. The number of carbonyl (C=O) groups excluding carboxylic acids is 1. The van der Waals surface area contributed by atoms with E-state index in [4.69, 9.17) is 9.94 Å². The number of aliphatic carboxylic acids is 1. The van der Waals surface area contributed by atoms with Crippen molar-refractivity contribution in [2.24, 2.45) is 17.0 Å². The molecule has 0 radical (unpaired) electrons. The van der Waals surface area contributed by atoms with Gasteiger partial charge in [0, 0.05) is 19.0 Å². The van der Waals surface area contributed by atoms with Gasteiger partial charge in [0.25, 0.3) is 5.91 Å². The molecular formula is C13H20N2O4. The number of rotatable bonds is 2. The maximum Gasteiger partial charge on any atom is 0.353 e. The third-order valence-corrected chi connectivity index (χ3v) is 4.07. The Kier molecular flexibility index (Phi) is 3.78. The van der Waals surface area contributed by atoms with Gasteiger partial charge in [0.05, 0.1) is 0 Å². The van der Waals surface area contributed by atoms with Crippen LogP contribution >= 0.6 is 0 Å². The molecule has 19 heavy (non-hydrogen) atoms. The highest BCUT2D eigenvalue weighted by Gasteiger charge is 2.39. The van der Waals surface area contributed by atoms with E-state index in [0.717, 1.165) is 6.42 Å². The summed E-state index contributed by atoms with van der Waals surface area (Å²) in [6, 6.07) is 0.154. The van der Waals surface area contributed by atoms with Gasteiger partial charge in [0.1, 0.15) is 0 Å². The highest BCUT2D eigenvalue weighted by Crippen LogP contribution is 2.28. The number of piperidine rings is 1. The average Bonchev–Trinajstić information content (AvgIpc) is 2.82. The first-order valence-electron chi connectivity index (χ1n) is 6.66. The molecule has 0 spiro atoms. The Hall–Kier alpha value is -1.59. The van der Waals surface area contributed by atoms with Gasteiger partial charge in [-0.1, -0.05) is 19.0 Å². The minimum absolute atomic E-state index is 0.0557. The molecule has 2 rings (SSSR count). The van der Waals surface area contributed by atoms with E-state index in [-0.39, 0.29) is 24.1 Å². The summed E-state index contributed by atoms with van der Waals surface area (Å²) in [5.41, 5.74) is -0.0795. The Morgan fingerprint density at radius 3 is 2.63 bits per heavy atom. The molecule has 0 aromatic rings. The summed E-state index contributed by atoms with van der Waals surface area (Å²) in [4.78, 5) is 30.0. The fourth-order valence-corrected chi connectivity index (χ4v) is 2.83. The van der Waals surface area contributed by atoms with Crippen molar-refractivity contribution >= 4 is 17.6 Å². The van der Waals surface area contributed by atoms with E-state index in [1.54, 1.807) is 0 Å². The Bertz CT molecular complexity index is 421. The fraction of sp³-hybridized carbons (Fsp3) is 0.769. The summed E-state index contributed by atoms with van der Waals surface area (Å²) >= 11 is 0. The molecule has 0 aromatic heterocycles. The van der Waals surface area contributed by atoms with Gasteiger partial charge >= 0.3 is 5.97 Å². The number of oxime groups is 1. The lowest BCUT2D eigenvalue weighted by atomic mass is 9.85. The summed E-state index contributed by atoms with van der Waals surface area (Å²) in [7, 11) is 0. The van der Waals surface area contributed by atoms with Gasteiger partial charge in [0.2, 0.25) is 6.10 Å². The van der Waals surface area contributed by atoms with Gasteiger partial charge in [-0.2, -0.15) is 0 Å². The molecule has 0 aliphatic carbocycles. The summed E-state index contributed by atoms with van der Waals surface area (Å²) in [5, 5.41) is 12.3. The second-order valence-electron chi connectivity index (χ2n) is 5.69. The van der Waals surface area contributed by atoms with Crippen molar-refractivity contribution in [3.05, 3.63) is 0 Å². The maximum absolute atomic E-state index is 12.4. The number of amides is 1. The van der Waals surface area contributed by atoms with Crippen LogP contribution in [0.2, 0.25) is 0 Å². The minimum Gasteiger partial charge on any atom is -0.477 e. The first-order chi connectivity index (χ1) is 8.90. The lowest BCUT2D eigenvalue weighted by molar-refractivity contribution is -0.148. The number of nitrogens with zero attached hydrogens (tertiary/aromatic N) is 2. The molecule has 6 heteroatoms. The van der Waals surface area contributed by atoms with Crippen LogP contribution in [0.1, 0.15) is 33.6 Å². The van der Waals surface area contributed by atoms with E-state index in [9.17, 15) is 9.59 Å². The first kappa shape index (κ1) is 13.8. The standard InChI is InChI=1S/C13H20N2O4/c1-7-4-8(2)9(3)15(6-7)12(16)11-5-10(13(17)18)14-19-11/h7-9,11H,4-6H2,1-3H3,(H,17,18). The molecule has 1 amide bonds. The van der Waals surface area contributed by atoms with E-state index in [1.165, 1.54) is 0 Å². The minimum atomic E-state index is -1.12. The van der Waals surface area contributed by atoms with Crippen molar-refractivity contribution in [1.29, 1.82) is 0 Å². The zero-order valence-electron chi connectivity index (χ0n) is 11.5. The van der Waals surface area contributed by atoms with Crippen LogP contribution in [0.4, 0.5) is 0 Å². The molecule has 2 heterocycles. The number of carbonyl (C=O) groups is 2. The summed E-state index contributed by atoms with van der Waals surface area (Å²) in [5.74, 6) is -0.375. The third-order valence-electron chi connectivity index (χ3n) is 4.07. The lowest BCUT2D eigenvalue weighted by Crippen LogP contribution is -2.52. The van der Waals surface area contributed by atoms with Crippen molar-refractivity contribution in [2.75, 3.05) is 6.54 Å². The molecular weight excluding hydrogens is 248 g/mol. The number of hydrogen-bond acceptors (Lipinski definition) is 4. The van der Waals surface area contributed by atoms with Crippen molar-refractivity contribution in [2.45, 2.75) is 45.8 Å². The summed E-state index contributed by atoms with van der Waals surface area (Å²) in [6.07, 6.45) is 0.388. The molecule has 1 N–H and O–H groups in total. The highest BCUT2D eigenvalue weighted by atomic mass is 16.6. The van der Waals surface area contributed by atoms with E-state index in [1.807, 2.05) is 11.8 Å². The van der Waals surface area contributed by atoms with Crippen molar-refractivity contribution in [3.63, 3.8) is 0 Å². The summed E-state index contributed by atoms with van der Waals surface area (Å²) < 4.78 is 0. The number of carboxylic acids is 1. The van der Waals surface area contributed by atoms with Crippen LogP contribution in [0.5, 0.6) is 0 Å². The highest BCUT2D eigenvalue weighted by molar-refractivity contribution is 6.36. The molecule has 2 aliphatic rings. The van der Waals surface area contributed by atoms with Gasteiger partial charge in [-0.15, -0.1) is 0 Å². The van der Waals surface area contributed by atoms with Gasteiger partial charge in [-0.25, -0.2) is 4.79 Å². The number of hydrogen-bond donors (Lipinski definition) is 1. The molecule has 0 bridgehead atoms. The van der Waals surface area contributed by atoms with E-state index >= 15 is 0 Å². The zero-order valence-corrected chi connectivity index (χ0v) is 11.5. The smallest absolute Gasteiger partial charge is 0.353 e. The molecule has 1 saturated heterocycles. The number of carboxylic acid groups (broad SMARTS) is 1. The fourth-order valence-electron chi connectivity index (χ4n) is 2.83. The molecule has 0 aromatic carbocycles. The zero-order chi connectivity index (χ0) is 14.2. The van der Waals surface area contributed by atoms with Gasteiger partial charge in [0.15, 0.2) is 5.71 Å². The van der Waals surface area contributed by atoms with Crippen molar-refractivity contribution in [3.8, 4) is 0 Å². The molecule has 6 nitrogen and oxygen atoms in total. The van der Waals surface area contributed by atoms with E-state index in [2.05, 4.69) is 19.0 Å². The van der Waals surface area contributed by atoms with E-state index < -0.39 is 12.1 Å². The normalized spacial score (nSPS) is 34.7. The Morgan fingerprint density at radius 2 is 2.05 bits per heavy atom. The van der Waals surface area contributed by atoms with Crippen LogP contribution < -0.4 is 0 Å². The maximum atomic E-state index is 12.4. The lowest BCUT2D eigenvalue weighted by Gasteiger charge is -2.41. The molecule has 106 valence electrons. The predicted molar refractivity (Wildman–Crippen MR) is 68.7 cm³/mol. The van der Waals surface area contributed by atoms with Gasteiger partial charge in [-0.05, 0) is 25.2 Å². The first-order valence-corrected chi connectivity index (χ1v) is 6.66. The molecule has 1 fully saturated rings. The van der Waals surface area contributed by atoms with Crippen LogP contribution in [-0.2, 0) is 14.4 Å². The van der Waals surface area contributed by atoms with Crippen LogP contribution in [0.25, 0.3) is 0 Å². The van der Waals surface area contributed by atoms with Crippen LogP contribution in [0.15, 0.2) is 5.16 Å². The second kappa shape index (κ2) is 5.19. The van der Waals surface area contributed by atoms with Crippen LogP contribution in [0, 0.1) is 11.8 Å². The largest absolute Gasteiger partial charge is 0.477 e. The van der Waals surface area contributed by atoms with Gasteiger partial charge < -0.3 is 14.8 Å². The number of likely N-dealkylation sites (tertiary alicyclic amines) is 1. The third kappa shape index (κ3) is 2.72.